The van der Waals surface area contributed by atoms with Crippen LogP contribution in [-0.2, 0) is 4.74 Å². The number of aliphatic hydroxyl groups excluding tert-OH is 4. The Balaban J connectivity index is 2.20. The van der Waals surface area contributed by atoms with Crippen LogP contribution in [0.4, 0.5) is 11.4 Å². The van der Waals surface area contributed by atoms with Gasteiger partial charge in [-0.25, -0.2) is 0 Å². The Bertz CT molecular complexity index is 510. The molecule has 21 heavy (non-hydrogen) atoms. The first-order valence-electron chi connectivity index (χ1n) is 6.26. The van der Waals surface area contributed by atoms with E-state index in [0.717, 1.165) is 0 Å². The number of nitro benzene ring substituents is 1. The lowest BCUT2D eigenvalue weighted by atomic mass is 9.98. The van der Waals surface area contributed by atoms with Gasteiger partial charge in [-0.2, -0.15) is 0 Å². The van der Waals surface area contributed by atoms with Crippen LogP contribution in [0.15, 0.2) is 24.3 Å². The summed E-state index contributed by atoms with van der Waals surface area (Å²) in [6.07, 6.45) is -6.82. The molecular weight excluding hydrogens is 284 g/mol. The van der Waals surface area contributed by atoms with Crippen molar-refractivity contribution in [2.75, 3.05) is 11.9 Å². The van der Waals surface area contributed by atoms with Crippen molar-refractivity contribution < 1.29 is 30.1 Å². The third-order valence-electron chi connectivity index (χ3n) is 3.29. The van der Waals surface area contributed by atoms with Crippen LogP contribution in [0.2, 0.25) is 0 Å². The van der Waals surface area contributed by atoms with Crippen molar-refractivity contribution in [1.82, 2.24) is 0 Å². The Morgan fingerprint density at radius 2 is 1.86 bits per heavy atom. The number of para-hydroxylation sites is 2. The van der Waals surface area contributed by atoms with Gasteiger partial charge in [-0.3, -0.25) is 10.1 Å². The fourth-order valence-corrected chi connectivity index (χ4v) is 2.13. The molecule has 1 aliphatic rings. The van der Waals surface area contributed by atoms with Gasteiger partial charge in [-0.05, 0) is 6.07 Å². The van der Waals surface area contributed by atoms with E-state index in [0.29, 0.717) is 0 Å². The molecule has 1 aromatic carbocycles. The van der Waals surface area contributed by atoms with Crippen LogP contribution in [0.3, 0.4) is 0 Å². The van der Waals surface area contributed by atoms with Crippen LogP contribution in [0.1, 0.15) is 0 Å². The summed E-state index contributed by atoms with van der Waals surface area (Å²) in [5, 5.41) is 51.8. The second-order valence-corrected chi connectivity index (χ2v) is 4.67. The van der Waals surface area contributed by atoms with Crippen LogP contribution >= 0.6 is 0 Å². The van der Waals surface area contributed by atoms with E-state index < -0.39 is 42.2 Å². The fourth-order valence-electron chi connectivity index (χ4n) is 2.13. The highest BCUT2D eigenvalue weighted by Gasteiger charge is 2.43. The van der Waals surface area contributed by atoms with Gasteiger partial charge in [0.1, 0.15) is 30.1 Å². The maximum absolute atomic E-state index is 10.9. The largest absolute Gasteiger partial charge is 0.394 e. The molecule has 9 heteroatoms. The Labute approximate surface area is 119 Å². The molecule has 1 aliphatic heterocycles. The van der Waals surface area contributed by atoms with Gasteiger partial charge in [0.05, 0.1) is 11.5 Å². The Morgan fingerprint density at radius 1 is 1.19 bits per heavy atom. The minimum absolute atomic E-state index is 0.0897. The molecule has 1 saturated heterocycles. The zero-order valence-corrected chi connectivity index (χ0v) is 10.9. The molecule has 2 rings (SSSR count). The van der Waals surface area contributed by atoms with Gasteiger partial charge in [0, 0.05) is 6.07 Å². The molecule has 1 fully saturated rings. The number of ether oxygens (including phenoxy) is 1. The molecule has 0 unspecified atom stereocenters. The highest BCUT2D eigenvalue weighted by molar-refractivity contribution is 5.61. The number of nitrogens with one attached hydrogen (secondary N) is 1. The van der Waals surface area contributed by atoms with E-state index >= 15 is 0 Å². The number of nitrogens with zero attached hydrogens (tertiary/aromatic N) is 1. The van der Waals surface area contributed by atoms with Gasteiger partial charge in [0.15, 0.2) is 6.23 Å². The van der Waals surface area contributed by atoms with Crippen LogP contribution < -0.4 is 5.32 Å². The van der Waals surface area contributed by atoms with Crippen molar-refractivity contribution in [1.29, 1.82) is 0 Å². The smallest absolute Gasteiger partial charge is 0.292 e. The highest BCUT2D eigenvalue weighted by atomic mass is 16.6. The first kappa shape index (κ1) is 15.6. The first-order chi connectivity index (χ1) is 9.95. The van der Waals surface area contributed by atoms with Crippen molar-refractivity contribution >= 4 is 11.4 Å². The van der Waals surface area contributed by atoms with Crippen LogP contribution in [0.5, 0.6) is 0 Å². The summed E-state index contributed by atoms with van der Waals surface area (Å²) < 4.78 is 5.23. The van der Waals surface area contributed by atoms with Crippen LogP contribution in [0.25, 0.3) is 0 Å². The summed E-state index contributed by atoms with van der Waals surface area (Å²) in [5.41, 5.74) is -0.138. The van der Waals surface area contributed by atoms with E-state index in [1.807, 2.05) is 0 Å². The highest BCUT2D eigenvalue weighted by Crippen LogP contribution is 2.28. The third kappa shape index (κ3) is 3.12. The van der Waals surface area contributed by atoms with Gasteiger partial charge < -0.3 is 30.5 Å². The lowest BCUT2D eigenvalue weighted by Crippen LogP contribution is -2.60. The summed E-state index contributed by atoms with van der Waals surface area (Å²) in [6.45, 7) is -0.569. The molecule has 0 saturated carbocycles. The SMILES string of the molecule is O=[N+]([O-])c1ccccc1N[C@H]1O[C@H](CO)[C@@H](O)[C@@H](O)[C@@H]1O. The van der Waals surface area contributed by atoms with E-state index in [1.54, 1.807) is 6.07 Å². The standard InChI is InChI=1S/C12H16N2O7/c15-5-8-9(16)10(17)11(18)12(21-8)13-6-3-1-2-4-7(6)14(19)20/h1-4,8-13,15-18H,5H2/t8-,9-,10-,11+,12+/m1/s1. The predicted octanol–water partition coefficient (Wildman–Crippen LogP) is -1.19. The molecule has 9 nitrogen and oxygen atoms in total. The molecule has 1 heterocycles. The second kappa shape index (κ2) is 6.33. The average molecular weight is 300 g/mol. The van der Waals surface area contributed by atoms with Gasteiger partial charge in [0.25, 0.3) is 5.69 Å². The quantitative estimate of drug-likeness (QED) is 0.344. The molecule has 5 atom stereocenters. The fraction of sp³-hybridized carbons (Fsp3) is 0.500. The number of hydrogen-bond acceptors (Lipinski definition) is 8. The molecule has 5 N–H and O–H groups in total. The minimum Gasteiger partial charge on any atom is -0.394 e. The molecule has 0 aliphatic carbocycles. The van der Waals surface area contributed by atoms with Gasteiger partial charge in [-0.15, -0.1) is 0 Å². The monoisotopic (exact) mass is 300 g/mol. The minimum atomic E-state index is -1.55. The van der Waals surface area contributed by atoms with Gasteiger partial charge in [-0.1, -0.05) is 12.1 Å². The molecule has 0 radical (unpaired) electrons. The number of rotatable bonds is 4. The topological polar surface area (TPSA) is 145 Å². The molecule has 0 bridgehead atoms. The van der Waals surface area contributed by atoms with Crippen molar-refractivity contribution in [3.05, 3.63) is 34.4 Å². The van der Waals surface area contributed by atoms with Gasteiger partial charge in [0.2, 0.25) is 0 Å². The predicted molar refractivity (Wildman–Crippen MR) is 70.5 cm³/mol. The Hall–Kier alpha value is -1.78. The van der Waals surface area contributed by atoms with Crippen molar-refractivity contribution in [2.24, 2.45) is 0 Å². The maximum Gasteiger partial charge on any atom is 0.292 e. The molecule has 0 spiro atoms. The number of benzene rings is 1. The lowest BCUT2D eigenvalue weighted by Gasteiger charge is -2.40. The number of hydrogen-bond donors (Lipinski definition) is 5. The molecular formula is C12H16N2O7. The summed E-state index contributed by atoms with van der Waals surface area (Å²) in [5.74, 6) is 0. The maximum atomic E-state index is 10.9. The number of nitro groups is 1. The van der Waals surface area contributed by atoms with E-state index in [1.165, 1.54) is 18.2 Å². The summed E-state index contributed by atoms with van der Waals surface area (Å²) in [4.78, 5) is 10.3. The molecule has 116 valence electrons. The van der Waals surface area contributed by atoms with Crippen molar-refractivity contribution in [3.63, 3.8) is 0 Å². The number of aliphatic hydroxyl groups is 4. The Morgan fingerprint density at radius 3 is 2.48 bits per heavy atom. The summed E-state index contributed by atoms with van der Waals surface area (Å²) in [7, 11) is 0. The molecule has 0 aromatic heterocycles. The van der Waals surface area contributed by atoms with Crippen molar-refractivity contribution in [3.8, 4) is 0 Å². The van der Waals surface area contributed by atoms with E-state index in [4.69, 9.17) is 9.84 Å². The van der Waals surface area contributed by atoms with E-state index in [2.05, 4.69) is 5.32 Å². The Kier molecular flexibility index (Phi) is 4.70. The number of anilines is 1. The van der Waals surface area contributed by atoms with Crippen molar-refractivity contribution in [2.45, 2.75) is 30.6 Å². The zero-order chi connectivity index (χ0) is 15.6. The average Bonchev–Trinajstić information content (AvgIpc) is 2.48. The normalized spacial score (nSPS) is 32.7. The van der Waals surface area contributed by atoms with Crippen LogP contribution in [0, 0.1) is 10.1 Å². The summed E-state index contributed by atoms with van der Waals surface area (Å²) in [6, 6.07) is 5.72. The second-order valence-electron chi connectivity index (χ2n) is 4.67. The zero-order valence-electron chi connectivity index (χ0n) is 10.9. The first-order valence-corrected chi connectivity index (χ1v) is 6.26. The lowest BCUT2D eigenvalue weighted by molar-refractivity contribution is -0.384. The van der Waals surface area contributed by atoms with Gasteiger partial charge >= 0.3 is 0 Å². The molecule has 1 aromatic rings. The molecule has 0 amide bonds. The van der Waals surface area contributed by atoms with E-state index in [9.17, 15) is 25.4 Å². The van der Waals surface area contributed by atoms with Crippen LogP contribution in [-0.4, -0.2) is 62.6 Å². The summed E-state index contributed by atoms with van der Waals surface area (Å²) >= 11 is 0. The van der Waals surface area contributed by atoms with E-state index in [-0.39, 0.29) is 11.4 Å². The third-order valence-corrected chi connectivity index (χ3v) is 3.29.